The van der Waals surface area contributed by atoms with Crippen LogP contribution in [0.15, 0.2) is 36.7 Å². The van der Waals surface area contributed by atoms with Crippen LogP contribution in [0.4, 0.5) is 14.5 Å². The number of halogens is 3. The van der Waals surface area contributed by atoms with Crippen molar-refractivity contribution >= 4 is 28.3 Å². The van der Waals surface area contributed by atoms with E-state index in [2.05, 4.69) is 19.9 Å². The van der Waals surface area contributed by atoms with Crippen molar-refractivity contribution < 1.29 is 13.5 Å². The number of benzene rings is 1. The smallest absolute Gasteiger partial charge is 0.316 e. The summed E-state index contributed by atoms with van der Waals surface area (Å²) in [6.07, 6.45) is 5.58. The van der Waals surface area contributed by atoms with E-state index in [1.54, 1.807) is 18.9 Å². The van der Waals surface area contributed by atoms with Crippen LogP contribution in [0.3, 0.4) is 0 Å². The van der Waals surface area contributed by atoms with E-state index in [4.69, 9.17) is 22.1 Å². The lowest BCUT2D eigenvalue weighted by Gasteiger charge is -2.23. The van der Waals surface area contributed by atoms with E-state index in [-0.39, 0.29) is 18.2 Å². The van der Waals surface area contributed by atoms with Gasteiger partial charge in [-0.1, -0.05) is 11.6 Å². The number of anilines is 1. The van der Waals surface area contributed by atoms with Gasteiger partial charge in [0, 0.05) is 43.2 Å². The number of aromatic nitrogens is 4. The molecule has 0 amide bonds. The molecular formula is C27H26ClF2N7O. The fourth-order valence-corrected chi connectivity index (χ4v) is 4.27. The van der Waals surface area contributed by atoms with Gasteiger partial charge in [-0.3, -0.25) is 0 Å². The highest BCUT2D eigenvalue weighted by atomic mass is 35.5. The molecule has 0 aliphatic rings. The van der Waals surface area contributed by atoms with Crippen molar-refractivity contribution in [3.63, 3.8) is 0 Å². The minimum absolute atomic E-state index is 0.0148. The third-order valence-electron chi connectivity index (χ3n) is 5.94. The molecule has 3 aromatic heterocycles. The summed E-state index contributed by atoms with van der Waals surface area (Å²) in [6.45, 7) is 2.89. The summed E-state index contributed by atoms with van der Waals surface area (Å²) < 4.78 is 35.2. The highest BCUT2D eigenvalue weighted by Gasteiger charge is 2.21. The van der Waals surface area contributed by atoms with Crippen LogP contribution in [-0.2, 0) is 6.54 Å². The number of nitrogens with two attached hydrogens (primary N) is 1. The molecule has 0 unspecified atom stereocenters. The molecule has 11 heteroatoms. The van der Waals surface area contributed by atoms with E-state index in [0.29, 0.717) is 57.3 Å². The molecule has 0 radical (unpaired) electrons. The van der Waals surface area contributed by atoms with Gasteiger partial charge in [-0.2, -0.15) is 5.26 Å². The summed E-state index contributed by atoms with van der Waals surface area (Å²) in [5.41, 5.74) is 8.04. The minimum Gasteiger partial charge on any atom is -0.463 e. The van der Waals surface area contributed by atoms with Crippen LogP contribution in [0.25, 0.3) is 22.3 Å². The van der Waals surface area contributed by atoms with Crippen LogP contribution in [0, 0.1) is 29.9 Å². The van der Waals surface area contributed by atoms with E-state index in [9.17, 15) is 9.65 Å². The SMILES string of the molecule is Cc1nc2cc(F)c(-c3cnc(OCCCCCN)nc3)nc2c(N(C)Cc2cc(C#N)ccc2F)c1Cl. The largest absolute Gasteiger partial charge is 0.463 e. The van der Waals surface area contributed by atoms with Crippen LogP contribution in [0.1, 0.15) is 36.1 Å². The number of nitriles is 1. The maximum atomic E-state index is 15.1. The molecule has 0 saturated carbocycles. The van der Waals surface area contributed by atoms with E-state index in [1.807, 2.05) is 6.07 Å². The highest BCUT2D eigenvalue weighted by molar-refractivity contribution is 6.35. The molecule has 4 rings (SSSR count). The van der Waals surface area contributed by atoms with Crippen LogP contribution in [-0.4, -0.2) is 40.1 Å². The molecule has 196 valence electrons. The van der Waals surface area contributed by atoms with Crippen LogP contribution in [0.5, 0.6) is 6.01 Å². The number of hydrogen-bond donors (Lipinski definition) is 1. The number of nitrogens with zero attached hydrogens (tertiary/aromatic N) is 6. The number of fused-ring (bicyclic) bond motifs is 1. The molecule has 0 atom stereocenters. The topological polar surface area (TPSA) is 114 Å². The van der Waals surface area contributed by atoms with Crippen molar-refractivity contribution in [2.75, 3.05) is 25.1 Å². The predicted octanol–water partition coefficient (Wildman–Crippen LogP) is 5.34. The van der Waals surface area contributed by atoms with Gasteiger partial charge in [-0.15, -0.1) is 0 Å². The Hall–Kier alpha value is -3.94. The Morgan fingerprint density at radius 1 is 1.08 bits per heavy atom. The molecule has 0 aliphatic carbocycles. The quantitative estimate of drug-likeness (QED) is 0.269. The Labute approximate surface area is 224 Å². The Balaban J connectivity index is 1.68. The van der Waals surface area contributed by atoms with Gasteiger partial charge in [0.05, 0.1) is 40.2 Å². The third-order valence-corrected chi connectivity index (χ3v) is 6.39. The van der Waals surface area contributed by atoms with E-state index >= 15 is 4.39 Å². The molecular weight excluding hydrogens is 512 g/mol. The Morgan fingerprint density at radius 2 is 1.84 bits per heavy atom. The third kappa shape index (κ3) is 5.96. The number of hydrogen-bond acceptors (Lipinski definition) is 8. The summed E-state index contributed by atoms with van der Waals surface area (Å²) in [5, 5.41) is 9.50. The Kier molecular flexibility index (Phi) is 8.61. The zero-order valence-corrected chi connectivity index (χ0v) is 21.8. The molecule has 8 nitrogen and oxygen atoms in total. The van der Waals surface area contributed by atoms with E-state index in [0.717, 1.165) is 19.3 Å². The normalized spacial score (nSPS) is 11.0. The van der Waals surface area contributed by atoms with Crippen LogP contribution < -0.4 is 15.4 Å². The molecule has 0 bridgehead atoms. The Morgan fingerprint density at radius 3 is 2.55 bits per heavy atom. The van der Waals surface area contributed by atoms with E-state index in [1.165, 1.54) is 36.7 Å². The number of aryl methyl sites for hydroxylation is 1. The zero-order valence-electron chi connectivity index (χ0n) is 21.0. The van der Waals surface area contributed by atoms with Crippen molar-refractivity contribution in [1.29, 1.82) is 5.26 Å². The van der Waals surface area contributed by atoms with E-state index < -0.39 is 11.6 Å². The number of ether oxygens (including phenoxy) is 1. The molecule has 0 spiro atoms. The van der Waals surface area contributed by atoms with Crippen molar-refractivity contribution in [3.8, 4) is 23.3 Å². The van der Waals surface area contributed by atoms with Crippen molar-refractivity contribution in [2.45, 2.75) is 32.7 Å². The maximum Gasteiger partial charge on any atom is 0.316 e. The molecule has 2 N–H and O–H groups in total. The molecule has 4 aromatic rings. The monoisotopic (exact) mass is 537 g/mol. The fraction of sp³-hybridized carbons (Fsp3) is 0.296. The summed E-state index contributed by atoms with van der Waals surface area (Å²) in [6, 6.07) is 7.61. The second-order valence-electron chi connectivity index (χ2n) is 8.77. The first-order valence-electron chi connectivity index (χ1n) is 12.0. The standard InChI is InChI=1S/C27H26ClF2N7O/c1-16-23(28)26(37(2)15-18-10-17(12-32)6-7-20(18)29)25-22(35-16)11-21(30)24(36-25)19-13-33-27(34-14-19)38-9-5-3-4-8-31/h6-7,10-11,13-14H,3-5,8-9,15,31H2,1-2H3. The van der Waals surface area contributed by atoms with Gasteiger partial charge >= 0.3 is 6.01 Å². The van der Waals surface area contributed by atoms with Gasteiger partial charge in [-0.05, 0) is 50.9 Å². The molecule has 0 aliphatic heterocycles. The number of pyridine rings is 2. The Bertz CT molecular complexity index is 1490. The molecule has 0 fully saturated rings. The van der Waals surface area contributed by atoms with Gasteiger partial charge in [0.1, 0.15) is 17.0 Å². The molecule has 0 saturated heterocycles. The second-order valence-corrected chi connectivity index (χ2v) is 9.15. The average Bonchev–Trinajstić information content (AvgIpc) is 2.91. The van der Waals surface area contributed by atoms with Crippen molar-refractivity contribution in [3.05, 3.63) is 70.1 Å². The molecule has 3 heterocycles. The second kappa shape index (κ2) is 12.1. The number of rotatable bonds is 10. The summed E-state index contributed by atoms with van der Waals surface area (Å²) in [5.74, 6) is -1.06. The first-order valence-corrected chi connectivity index (χ1v) is 12.4. The zero-order chi connectivity index (χ0) is 27.2. The van der Waals surface area contributed by atoms with Crippen LogP contribution >= 0.6 is 11.6 Å². The lowest BCUT2D eigenvalue weighted by atomic mass is 10.1. The van der Waals surface area contributed by atoms with Crippen molar-refractivity contribution in [2.24, 2.45) is 5.73 Å². The van der Waals surface area contributed by atoms with Gasteiger partial charge in [0.2, 0.25) is 0 Å². The predicted molar refractivity (Wildman–Crippen MR) is 142 cm³/mol. The van der Waals surface area contributed by atoms with Crippen LogP contribution in [0.2, 0.25) is 5.02 Å². The minimum atomic E-state index is -0.604. The lowest BCUT2D eigenvalue weighted by Crippen LogP contribution is -2.19. The number of unbranched alkanes of at least 4 members (excludes halogenated alkanes) is 2. The molecule has 1 aromatic carbocycles. The fourth-order valence-electron chi connectivity index (χ4n) is 3.99. The average molecular weight is 538 g/mol. The van der Waals surface area contributed by atoms with Crippen molar-refractivity contribution in [1.82, 2.24) is 19.9 Å². The van der Waals surface area contributed by atoms with Gasteiger partial charge in [0.25, 0.3) is 0 Å². The first kappa shape index (κ1) is 27.1. The molecule has 38 heavy (non-hydrogen) atoms. The van der Waals surface area contributed by atoms with Gasteiger partial charge in [0.15, 0.2) is 5.82 Å². The van der Waals surface area contributed by atoms with Gasteiger partial charge < -0.3 is 15.4 Å². The van der Waals surface area contributed by atoms with Gasteiger partial charge in [-0.25, -0.2) is 28.7 Å². The highest BCUT2D eigenvalue weighted by Crippen LogP contribution is 2.36. The summed E-state index contributed by atoms with van der Waals surface area (Å²) in [7, 11) is 1.71. The maximum absolute atomic E-state index is 15.1. The summed E-state index contributed by atoms with van der Waals surface area (Å²) in [4.78, 5) is 19.0. The lowest BCUT2D eigenvalue weighted by molar-refractivity contribution is 0.282. The summed E-state index contributed by atoms with van der Waals surface area (Å²) >= 11 is 6.64. The first-order chi connectivity index (χ1) is 18.3.